The number of nitrogens with zero attached hydrogens (tertiary/aromatic N) is 16. The van der Waals surface area contributed by atoms with Crippen molar-refractivity contribution in [2.75, 3.05) is 13.2 Å². The van der Waals surface area contributed by atoms with Gasteiger partial charge in [-0.05, 0) is 293 Å². The van der Waals surface area contributed by atoms with Crippen molar-refractivity contribution < 1.29 is 43.1 Å². The number of carbonyl (C=O) groups excluding carboxylic acids is 8. The maximum Gasteiger partial charge on any atom is 0.227 e. The molecule has 21 rings (SSSR count). The van der Waals surface area contributed by atoms with E-state index >= 15 is 0 Å². The minimum Gasteiger partial charge on any atom is -0.380 e. The molecular formula is C106H110Br4N16O9. The highest BCUT2D eigenvalue weighted by Gasteiger charge is 2.67. The Kier molecular flexibility index (Phi) is 27.1. The molecule has 4 aromatic heterocycles. The molecule has 4 saturated carbocycles. The lowest BCUT2D eigenvalue weighted by molar-refractivity contribution is -0.138. The molecule has 29 heteroatoms. The van der Waals surface area contributed by atoms with Crippen molar-refractivity contribution in [1.82, 2.24) is 39.5 Å². The summed E-state index contributed by atoms with van der Waals surface area (Å²) in [5, 5.41) is 33.8. The van der Waals surface area contributed by atoms with E-state index in [9.17, 15) is 38.4 Å². The topological polar surface area (TPSA) is 309 Å². The van der Waals surface area contributed by atoms with E-state index in [-0.39, 0.29) is 168 Å². The van der Waals surface area contributed by atoms with Crippen LogP contribution in [0.3, 0.4) is 0 Å². The van der Waals surface area contributed by atoms with Crippen LogP contribution in [-0.4, -0.2) is 194 Å². The summed E-state index contributed by atoms with van der Waals surface area (Å²) in [4.78, 5) is 133. The van der Waals surface area contributed by atoms with E-state index in [2.05, 4.69) is 159 Å². The summed E-state index contributed by atoms with van der Waals surface area (Å²) in [6.45, 7) is 22.1. The van der Waals surface area contributed by atoms with Gasteiger partial charge in [-0.2, -0.15) is 40.8 Å². The predicted octanol–water partition coefficient (Wildman–Crippen LogP) is 17.4. The smallest absolute Gasteiger partial charge is 0.227 e. The van der Waals surface area contributed by atoms with Gasteiger partial charge in [-0.25, -0.2) is 19.9 Å². The van der Waals surface area contributed by atoms with Gasteiger partial charge in [0, 0.05) is 73.4 Å². The van der Waals surface area contributed by atoms with Crippen molar-refractivity contribution in [2.24, 2.45) is 68.4 Å². The van der Waals surface area contributed by atoms with Gasteiger partial charge >= 0.3 is 0 Å². The third-order valence-corrected chi connectivity index (χ3v) is 31.6. The van der Waals surface area contributed by atoms with Crippen LogP contribution in [0.2, 0.25) is 0 Å². The summed E-state index contributed by atoms with van der Waals surface area (Å²) in [7, 11) is 0. The maximum atomic E-state index is 13.6. The van der Waals surface area contributed by atoms with Gasteiger partial charge in [0.1, 0.15) is 18.4 Å². The van der Waals surface area contributed by atoms with Gasteiger partial charge in [0.05, 0.1) is 140 Å². The highest BCUT2D eigenvalue weighted by atomic mass is 79.9. The number of amides is 4. The van der Waals surface area contributed by atoms with E-state index in [1.807, 2.05) is 200 Å². The zero-order valence-corrected chi connectivity index (χ0v) is 84.1. The molecule has 0 radical (unpaired) electrons. The van der Waals surface area contributed by atoms with E-state index in [1.165, 1.54) is 0 Å². The number of benzene rings is 4. The number of likely N-dealkylation sites (tertiary alicyclic amines) is 4. The molecule has 4 aromatic carbocycles. The molecule has 0 spiro atoms. The van der Waals surface area contributed by atoms with Crippen molar-refractivity contribution in [1.29, 1.82) is 0 Å². The summed E-state index contributed by atoms with van der Waals surface area (Å²) in [5.74, 6) is 0.778. The molecule has 135 heavy (non-hydrogen) atoms. The average molecular weight is 2070 g/mol. The summed E-state index contributed by atoms with van der Waals surface area (Å²) >= 11 is 13.6. The molecule has 8 aromatic rings. The zero-order chi connectivity index (χ0) is 94.8. The average Bonchev–Trinajstić information content (AvgIpc) is 1.56. The Hall–Kier alpha value is -10.7. The fraction of sp³-hybridized carbons (Fsp3) is 0.434. The molecule has 9 aliphatic heterocycles. The van der Waals surface area contributed by atoms with E-state index < -0.39 is 0 Å². The largest absolute Gasteiger partial charge is 0.380 e. The lowest BCUT2D eigenvalue weighted by Gasteiger charge is -2.27. The highest BCUT2D eigenvalue weighted by molar-refractivity contribution is 9.11. The molecule has 0 bridgehead atoms. The second kappa shape index (κ2) is 38.7. The molecule has 12 atom stereocenters. The number of carbonyl (C=O) groups is 8. The molecule has 4 aliphatic carbocycles. The van der Waals surface area contributed by atoms with Crippen LogP contribution < -0.4 is 0 Å². The quantitative estimate of drug-likeness (QED) is 0.0456. The van der Waals surface area contributed by atoms with Crippen molar-refractivity contribution in [3.8, 4) is 0 Å². The molecule has 0 unspecified atom stereocenters. The van der Waals surface area contributed by atoms with Crippen LogP contribution in [0.5, 0.6) is 0 Å². The number of hydrogen-bond acceptors (Lipinski definition) is 21. The Balaban J connectivity index is 0.000000120. The van der Waals surface area contributed by atoms with Crippen LogP contribution >= 0.6 is 63.7 Å². The second-order valence-electron chi connectivity index (χ2n) is 40.2. The number of pyridine rings is 4. The Morgan fingerprint density at radius 3 is 0.956 bits per heavy atom. The van der Waals surface area contributed by atoms with Crippen molar-refractivity contribution in [2.45, 2.75) is 252 Å². The molecule has 696 valence electrons. The van der Waals surface area contributed by atoms with E-state index in [1.54, 1.807) is 6.21 Å². The summed E-state index contributed by atoms with van der Waals surface area (Å²) in [6, 6.07) is 46.4. The molecule has 13 heterocycles. The van der Waals surface area contributed by atoms with Crippen LogP contribution in [0.4, 0.5) is 0 Å². The first-order chi connectivity index (χ1) is 64.6. The first-order valence-corrected chi connectivity index (χ1v) is 50.0. The van der Waals surface area contributed by atoms with Crippen LogP contribution in [0, 0.1) is 55.3 Å². The van der Waals surface area contributed by atoms with Gasteiger partial charge < -0.3 is 24.3 Å². The number of halogens is 4. The molecular weight excluding hydrogens is 1960 g/mol. The fourth-order valence-corrected chi connectivity index (χ4v) is 22.6. The molecule has 25 nitrogen and oxygen atoms in total. The SMILES string of the molecule is CC1=NN=C(c2cccc(CC(=O)N3[C@H](C(=O)Cc4nc(Br)ccc4C)C[C@@]4(C)C[C@@H]34)c2)C1.CCC1=NN=C(c2cccc(CC(=O)N3[C@H](C(=O)Cc4nc(Br)ccc4C)C[C@@]4(C)C[C@@H]34)c2)C1.Cc1ccc(Br)nc1CC(=O)[C@@H]1C[C@@]2(C)C[C@H]2N1C(=O)Cc1cccc(C2=NN=C(C3COC3)C2)c1.Cc1ccc(Br)nc1CC(=O)[C@@H]1C[C@@]2(C)C[C@H]2N1C(=O)Cc1cccc(C2=NN=CC2)c1. The molecule has 9 fully saturated rings. The first-order valence-electron chi connectivity index (χ1n) is 46.9. The van der Waals surface area contributed by atoms with Crippen LogP contribution in [0.25, 0.3) is 0 Å². The van der Waals surface area contributed by atoms with Gasteiger partial charge in [-0.3, -0.25) is 38.4 Å². The van der Waals surface area contributed by atoms with Crippen LogP contribution in [-0.2, 0) is 94.5 Å². The lowest BCUT2D eigenvalue weighted by atomic mass is 9.94. The number of aryl methyl sites for hydroxylation is 4. The number of ether oxygens (including phenoxy) is 1. The normalized spacial score (nSPS) is 25.8. The van der Waals surface area contributed by atoms with Crippen LogP contribution in [0.15, 0.2) is 205 Å². The third-order valence-electron chi connectivity index (χ3n) is 29.8. The maximum absolute atomic E-state index is 13.6. The lowest BCUT2D eigenvalue weighted by Crippen LogP contribution is -2.44. The summed E-state index contributed by atoms with van der Waals surface area (Å²) < 4.78 is 8.16. The van der Waals surface area contributed by atoms with E-state index in [4.69, 9.17) is 4.74 Å². The molecule has 0 N–H and O–H groups in total. The Morgan fingerprint density at radius 2 is 0.667 bits per heavy atom. The number of piperidine rings is 4. The molecule has 4 amide bonds. The van der Waals surface area contributed by atoms with Gasteiger partial charge in [0.25, 0.3) is 0 Å². The van der Waals surface area contributed by atoms with Crippen molar-refractivity contribution >= 4 is 157 Å². The standard InChI is InChI=1S/C28H29BrN4O3.C27H29BrN4O2.C26H27BrN4O2.C25H25BrN4O2/c1-16-6-7-26(29)30-20(16)11-24(34)23-12-28(2)13-25(28)33(23)27(35)9-17-4-3-5-18(8-17)21-10-22(32-31-21)19-14-36-15-19;1-4-19-12-21(31-30-19)18-7-5-6-17(10-18)11-26(34)32-22(14-27(3)15-24(27)32)23(33)13-20-16(2)8-9-25(28)29-20;1-15-7-8-24(27)28-19(15)12-22(32)21-13-26(3)14-23(26)31(21)25(33)11-17-5-4-6-18(10-17)20-9-16(2)29-30-20;1-15-6-7-23(26)28-19(15)12-21(31)20-13-25(2)14-22(25)30(20)24(32)11-16-4-3-5-17(10-16)18-8-9-27-29-18/h3-8,19,23,25H,9-15H2,1-2H3;5-10,22,24H,4,11-15H2,1-3H3;4-8,10,21,23H,9,11-14H2,1-3H3;3-7,9-10,20,22H,8,11-14H2,1-2H3/t23-,25+,28-;22-,24+,27-;21-,23+,26-;20-,22+,25-/m0000/s1. The number of aromatic nitrogens is 4. The van der Waals surface area contributed by atoms with E-state index in [0.29, 0.717) is 12.3 Å². The minimum absolute atomic E-state index is 0.0209. The highest BCUT2D eigenvalue weighted by Crippen LogP contribution is 2.63. The number of Topliss-reactive ketones (excluding diaryl/α,β-unsaturated/α-hetero) is 4. The van der Waals surface area contributed by atoms with Gasteiger partial charge in [-0.1, -0.05) is 132 Å². The Morgan fingerprint density at radius 1 is 0.356 bits per heavy atom. The van der Waals surface area contributed by atoms with Gasteiger partial charge in [-0.15, -0.1) is 0 Å². The summed E-state index contributed by atoms with van der Waals surface area (Å²) in [6.07, 6.45) is 14.6. The van der Waals surface area contributed by atoms with Gasteiger partial charge in [0.2, 0.25) is 23.6 Å². The first kappa shape index (κ1) is 94.6. The molecule has 5 saturated heterocycles. The van der Waals surface area contributed by atoms with Crippen LogP contribution in [0.1, 0.15) is 215 Å². The monoisotopic (exact) mass is 2070 g/mol. The second-order valence-corrected chi connectivity index (χ2v) is 43.4. The number of ketones is 4. The van der Waals surface area contributed by atoms with Crippen molar-refractivity contribution in [3.63, 3.8) is 0 Å². The number of fused-ring (bicyclic) bond motifs is 4. The Bertz CT molecular complexity index is 6480. The molecule has 13 aliphatic rings. The fourth-order valence-electron chi connectivity index (χ4n) is 21.2. The predicted molar refractivity (Wildman–Crippen MR) is 535 cm³/mol. The summed E-state index contributed by atoms with van der Waals surface area (Å²) in [5.41, 5.74) is 21.9. The van der Waals surface area contributed by atoms with Gasteiger partial charge in [0.15, 0.2) is 23.1 Å². The van der Waals surface area contributed by atoms with Crippen molar-refractivity contribution in [3.05, 3.63) is 254 Å². The zero-order valence-electron chi connectivity index (χ0n) is 77.7. The minimum atomic E-state index is -0.385. The number of rotatable bonds is 26. The van der Waals surface area contributed by atoms with E-state index in [0.717, 1.165) is 238 Å². The number of hydrogen-bond donors (Lipinski definition) is 0. The Labute approximate surface area is 820 Å². The third kappa shape index (κ3) is 20.8.